The third kappa shape index (κ3) is 3.43. The Morgan fingerprint density at radius 2 is 2.05 bits per heavy atom. The summed E-state index contributed by atoms with van der Waals surface area (Å²) in [5, 5.41) is 11.4. The summed E-state index contributed by atoms with van der Waals surface area (Å²) in [4.78, 5) is 13.4. The summed E-state index contributed by atoms with van der Waals surface area (Å²) in [5.41, 5.74) is 1.39. The number of halogens is 1. The third-order valence-electron chi connectivity index (χ3n) is 3.19. The molecule has 0 fully saturated rings. The van der Waals surface area contributed by atoms with Gasteiger partial charge in [0.1, 0.15) is 0 Å². The molecular weight excluding hydrogens is 318 g/mol. The Morgan fingerprint density at radius 1 is 1.23 bits per heavy atom. The van der Waals surface area contributed by atoms with Gasteiger partial charge < -0.3 is 5.32 Å². The zero-order valence-electron chi connectivity index (χ0n) is 11.7. The van der Waals surface area contributed by atoms with Crippen molar-refractivity contribution in [3.8, 4) is 0 Å². The van der Waals surface area contributed by atoms with Crippen LogP contribution in [0.2, 0.25) is 5.02 Å². The topological polar surface area (TPSA) is 57.8 Å². The van der Waals surface area contributed by atoms with E-state index < -0.39 is 0 Å². The van der Waals surface area contributed by atoms with Crippen molar-refractivity contribution in [3.05, 3.63) is 59.2 Å². The van der Waals surface area contributed by atoms with Gasteiger partial charge in [0.05, 0.1) is 17.3 Å². The number of para-hydroxylation sites is 1. The fourth-order valence-corrected chi connectivity index (χ4v) is 3.01. The highest BCUT2D eigenvalue weighted by atomic mass is 35.5. The molecule has 0 bridgehead atoms. The molecule has 1 heterocycles. The number of nitrogens with one attached hydrogen (secondary N) is 2. The molecule has 0 saturated heterocycles. The van der Waals surface area contributed by atoms with E-state index in [9.17, 15) is 4.79 Å². The fourth-order valence-electron chi connectivity index (χ4n) is 2.12. The minimum absolute atomic E-state index is 0.0912. The van der Waals surface area contributed by atoms with Crippen LogP contribution in [0.25, 0.3) is 10.9 Å². The van der Waals surface area contributed by atoms with Crippen molar-refractivity contribution in [2.45, 2.75) is 4.90 Å². The van der Waals surface area contributed by atoms with Gasteiger partial charge in [-0.15, -0.1) is 11.8 Å². The molecule has 2 aromatic carbocycles. The number of thioether (sulfide) groups is 1. The molecule has 0 spiro atoms. The number of aromatic amines is 1. The van der Waals surface area contributed by atoms with E-state index in [1.54, 1.807) is 24.0 Å². The predicted octanol–water partition coefficient (Wildman–Crippen LogP) is 3.74. The number of H-pyrrole nitrogens is 1. The second-order valence-corrected chi connectivity index (χ2v) is 6.30. The van der Waals surface area contributed by atoms with Crippen LogP contribution in [0, 0.1) is 0 Å². The van der Waals surface area contributed by atoms with Gasteiger partial charge in [-0.2, -0.15) is 5.10 Å². The van der Waals surface area contributed by atoms with Gasteiger partial charge in [-0.05, 0) is 30.3 Å². The lowest BCUT2D eigenvalue weighted by molar-refractivity contribution is 0.0957. The summed E-state index contributed by atoms with van der Waals surface area (Å²) >= 11 is 7.52. The van der Waals surface area contributed by atoms with Crippen molar-refractivity contribution in [1.29, 1.82) is 0 Å². The standard InChI is InChI=1S/C16H14ClN3OS/c17-12-4-6-13(7-5-12)22-9-8-18-16(21)14-3-1-2-11-10-19-20-15(11)14/h1-7,10H,8-9H2,(H,18,21)(H,19,20). The average Bonchev–Trinajstić information content (AvgIpc) is 3.01. The summed E-state index contributed by atoms with van der Waals surface area (Å²) in [5.74, 6) is 0.707. The van der Waals surface area contributed by atoms with Gasteiger partial charge in [-0.1, -0.05) is 23.7 Å². The van der Waals surface area contributed by atoms with E-state index in [-0.39, 0.29) is 5.91 Å². The van der Waals surface area contributed by atoms with Crippen molar-refractivity contribution in [2.24, 2.45) is 0 Å². The van der Waals surface area contributed by atoms with Crippen molar-refractivity contribution in [1.82, 2.24) is 15.5 Å². The third-order valence-corrected chi connectivity index (χ3v) is 4.46. The summed E-state index contributed by atoms with van der Waals surface area (Å²) < 4.78 is 0. The fraction of sp³-hybridized carbons (Fsp3) is 0.125. The Hall–Kier alpha value is -1.98. The first kappa shape index (κ1) is 14.9. The Bertz CT molecular complexity index is 785. The van der Waals surface area contributed by atoms with Crippen molar-refractivity contribution in [3.63, 3.8) is 0 Å². The molecule has 0 aliphatic heterocycles. The van der Waals surface area contributed by atoms with Crippen LogP contribution >= 0.6 is 23.4 Å². The van der Waals surface area contributed by atoms with Crippen LogP contribution in [0.3, 0.4) is 0 Å². The maximum Gasteiger partial charge on any atom is 0.253 e. The highest BCUT2D eigenvalue weighted by Gasteiger charge is 2.10. The van der Waals surface area contributed by atoms with Crippen molar-refractivity contribution >= 4 is 40.2 Å². The number of amides is 1. The molecule has 0 aliphatic rings. The van der Waals surface area contributed by atoms with Gasteiger partial charge in [0.25, 0.3) is 5.91 Å². The van der Waals surface area contributed by atoms with E-state index in [1.807, 2.05) is 36.4 Å². The van der Waals surface area contributed by atoms with Crippen LogP contribution in [0.15, 0.2) is 53.6 Å². The van der Waals surface area contributed by atoms with E-state index in [0.717, 1.165) is 26.6 Å². The summed E-state index contributed by atoms with van der Waals surface area (Å²) in [6.45, 7) is 0.594. The highest BCUT2D eigenvalue weighted by Crippen LogP contribution is 2.20. The Labute approximate surface area is 137 Å². The molecule has 1 amide bonds. The molecule has 112 valence electrons. The first-order valence-corrected chi connectivity index (χ1v) is 8.19. The second-order valence-electron chi connectivity index (χ2n) is 4.70. The lowest BCUT2D eigenvalue weighted by Crippen LogP contribution is -2.25. The average molecular weight is 332 g/mol. The van der Waals surface area contributed by atoms with Crippen molar-refractivity contribution in [2.75, 3.05) is 12.3 Å². The molecule has 0 aliphatic carbocycles. The molecule has 22 heavy (non-hydrogen) atoms. The summed E-state index contributed by atoms with van der Waals surface area (Å²) in [6, 6.07) is 13.2. The minimum atomic E-state index is -0.0912. The number of carbonyl (C=O) groups excluding carboxylic acids is 1. The minimum Gasteiger partial charge on any atom is -0.351 e. The first-order valence-electron chi connectivity index (χ1n) is 6.83. The van der Waals surface area contributed by atoms with Gasteiger partial charge in [0.15, 0.2) is 0 Å². The van der Waals surface area contributed by atoms with Gasteiger partial charge in [-0.3, -0.25) is 9.89 Å². The Morgan fingerprint density at radius 3 is 2.86 bits per heavy atom. The van der Waals surface area contributed by atoms with Gasteiger partial charge >= 0.3 is 0 Å². The maximum absolute atomic E-state index is 12.2. The molecule has 4 nitrogen and oxygen atoms in total. The van der Waals surface area contributed by atoms with Crippen LogP contribution in [0.5, 0.6) is 0 Å². The number of rotatable bonds is 5. The van der Waals surface area contributed by atoms with E-state index in [2.05, 4.69) is 15.5 Å². The second kappa shape index (κ2) is 6.85. The van der Waals surface area contributed by atoms with E-state index >= 15 is 0 Å². The normalized spacial score (nSPS) is 10.8. The zero-order valence-corrected chi connectivity index (χ0v) is 13.2. The highest BCUT2D eigenvalue weighted by molar-refractivity contribution is 7.99. The smallest absolute Gasteiger partial charge is 0.253 e. The number of hydrogen-bond acceptors (Lipinski definition) is 3. The number of fused-ring (bicyclic) bond motifs is 1. The molecule has 1 aromatic heterocycles. The Kier molecular flexibility index (Phi) is 4.65. The summed E-state index contributed by atoms with van der Waals surface area (Å²) in [6.07, 6.45) is 1.71. The molecule has 3 rings (SSSR count). The quantitative estimate of drug-likeness (QED) is 0.553. The molecule has 3 aromatic rings. The van der Waals surface area contributed by atoms with Crippen molar-refractivity contribution < 1.29 is 4.79 Å². The number of carbonyl (C=O) groups is 1. The SMILES string of the molecule is O=C(NCCSc1ccc(Cl)cc1)c1cccc2cn[nH]c12. The largest absolute Gasteiger partial charge is 0.351 e. The van der Waals surface area contributed by atoms with Crippen LogP contribution < -0.4 is 5.32 Å². The van der Waals surface area contributed by atoms with Crippen LogP contribution in [0.1, 0.15) is 10.4 Å². The summed E-state index contributed by atoms with van der Waals surface area (Å²) in [7, 11) is 0. The number of nitrogens with zero attached hydrogens (tertiary/aromatic N) is 1. The van der Waals surface area contributed by atoms with Crippen LogP contribution in [-0.2, 0) is 0 Å². The number of hydrogen-bond donors (Lipinski definition) is 2. The molecular formula is C16H14ClN3OS. The van der Waals surface area contributed by atoms with Gasteiger partial charge in [-0.25, -0.2) is 0 Å². The Balaban J connectivity index is 1.54. The van der Waals surface area contributed by atoms with Gasteiger partial charge in [0.2, 0.25) is 0 Å². The van der Waals surface area contributed by atoms with Crippen LogP contribution in [-0.4, -0.2) is 28.4 Å². The molecule has 0 unspecified atom stereocenters. The molecule has 0 atom stereocenters. The van der Waals surface area contributed by atoms with E-state index in [1.165, 1.54) is 0 Å². The predicted molar refractivity (Wildman–Crippen MR) is 90.6 cm³/mol. The zero-order chi connectivity index (χ0) is 15.4. The molecule has 2 N–H and O–H groups in total. The van der Waals surface area contributed by atoms with Crippen LogP contribution in [0.4, 0.5) is 0 Å². The number of aromatic nitrogens is 2. The van der Waals surface area contributed by atoms with E-state index in [4.69, 9.17) is 11.6 Å². The first-order chi connectivity index (χ1) is 10.7. The molecule has 6 heteroatoms. The van der Waals surface area contributed by atoms with E-state index in [0.29, 0.717) is 12.1 Å². The molecule has 0 saturated carbocycles. The monoisotopic (exact) mass is 331 g/mol. The number of benzene rings is 2. The lowest BCUT2D eigenvalue weighted by Gasteiger charge is -2.06. The lowest BCUT2D eigenvalue weighted by atomic mass is 10.1. The maximum atomic E-state index is 12.2. The molecule has 0 radical (unpaired) electrons. The van der Waals surface area contributed by atoms with Gasteiger partial charge in [0, 0.05) is 27.6 Å².